The summed E-state index contributed by atoms with van der Waals surface area (Å²) < 4.78 is 0. The van der Waals surface area contributed by atoms with E-state index >= 15 is 0 Å². The number of hydrogen-bond acceptors (Lipinski definition) is 5. The highest BCUT2D eigenvalue weighted by Gasteiger charge is 2.00. The van der Waals surface area contributed by atoms with Gasteiger partial charge in [0.1, 0.15) is 5.03 Å². The Hall–Kier alpha value is -1.40. The molecule has 2 N–H and O–H groups in total. The fourth-order valence-electron chi connectivity index (χ4n) is 0.783. The molecule has 0 fully saturated rings. The van der Waals surface area contributed by atoms with Crippen LogP contribution < -0.4 is 5.32 Å². The van der Waals surface area contributed by atoms with Gasteiger partial charge in [-0.3, -0.25) is 4.79 Å². The molecule has 5 nitrogen and oxygen atoms in total. The number of amides is 1. The average molecular weight is 225 g/mol. The largest absolute Gasteiger partial charge is 0.396 e. The summed E-state index contributed by atoms with van der Waals surface area (Å²) in [5.74, 6) is 0.640. The van der Waals surface area contributed by atoms with Gasteiger partial charge in [-0.2, -0.15) is 0 Å². The number of nitrogens with one attached hydrogen (secondary N) is 1. The predicted molar refractivity (Wildman–Crippen MR) is 58.7 cm³/mol. The van der Waals surface area contributed by atoms with Crippen LogP contribution in [-0.2, 0) is 4.79 Å². The minimum absolute atomic E-state index is 0.0985. The van der Waals surface area contributed by atoms with Crippen molar-refractivity contribution < 1.29 is 9.90 Å². The zero-order valence-corrected chi connectivity index (χ0v) is 8.83. The zero-order valence-electron chi connectivity index (χ0n) is 8.01. The van der Waals surface area contributed by atoms with Crippen molar-refractivity contribution in [2.24, 2.45) is 0 Å². The van der Waals surface area contributed by atoms with Crippen LogP contribution in [0.15, 0.2) is 30.1 Å². The lowest BCUT2D eigenvalue weighted by atomic mass is 10.5. The fraction of sp³-hybridized carbons (Fsp3) is 0.222. The number of aliphatic hydroxyl groups is 1. The summed E-state index contributed by atoms with van der Waals surface area (Å²) in [5.41, 5.74) is 0. The molecule has 0 spiro atoms. The van der Waals surface area contributed by atoms with Crippen molar-refractivity contribution in [2.75, 3.05) is 17.7 Å². The standard InChI is InChI=1S/C9H11N3O2S/c1-2-8(14)12-7-5-11-9(6-10-7)15-4-3-13/h2,5-6,13H,1,3-4H2,(H,10,12,14). The van der Waals surface area contributed by atoms with E-state index in [1.54, 1.807) is 6.20 Å². The van der Waals surface area contributed by atoms with Crippen molar-refractivity contribution in [2.45, 2.75) is 5.03 Å². The molecule has 1 amide bonds. The first kappa shape index (κ1) is 11.7. The molecule has 6 heteroatoms. The molecule has 0 aliphatic carbocycles. The molecule has 0 aliphatic rings. The van der Waals surface area contributed by atoms with Crippen molar-refractivity contribution in [1.29, 1.82) is 0 Å². The van der Waals surface area contributed by atoms with Gasteiger partial charge in [0.25, 0.3) is 0 Å². The number of anilines is 1. The van der Waals surface area contributed by atoms with Gasteiger partial charge < -0.3 is 10.4 Å². The number of hydrogen-bond donors (Lipinski definition) is 2. The summed E-state index contributed by atoms with van der Waals surface area (Å²) in [6.45, 7) is 3.42. The van der Waals surface area contributed by atoms with Gasteiger partial charge in [-0.05, 0) is 6.08 Å². The molecule has 0 saturated heterocycles. The summed E-state index contributed by atoms with van der Waals surface area (Å²) in [6.07, 6.45) is 4.16. The van der Waals surface area contributed by atoms with E-state index < -0.39 is 0 Å². The lowest BCUT2D eigenvalue weighted by molar-refractivity contribution is -0.111. The lowest BCUT2D eigenvalue weighted by Gasteiger charge is -2.01. The monoisotopic (exact) mass is 225 g/mol. The normalized spacial score (nSPS) is 9.67. The number of aromatic nitrogens is 2. The van der Waals surface area contributed by atoms with Gasteiger partial charge >= 0.3 is 0 Å². The third kappa shape index (κ3) is 4.09. The molecule has 1 aromatic heterocycles. The number of thioether (sulfide) groups is 1. The van der Waals surface area contributed by atoms with E-state index in [0.717, 1.165) is 6.08 Å². The molecular formula is C9H11N3O2S. The van der Waals surface area contributed by atoms with Crippen LogP contribution >= 0.6 is 11.8 Å². The third-order valence-electron chi connectivity index (χ3n) is 1.41. The SMILES string of the molecule is C=CC(=O)Nc1cnc(SCCO)cn1. The van der Waals surface area contributed by atoms with Crippen LogP contribution in [0.4, 0.5) is 5.82 Å². The van der Waals surface area contributed by atoms with E-state index in [9.17, 15) is 4.79 Å². The second-order valence-corrected chi connectivity index (χ2v) is 3.62. The Morgan fingerprint density at radius 1 is 1.60 bits per heavy atom. The smallest absolute Gasteiger partial charge is 0.248 e. The Bertz CT molecular complexity index is 340. The molecular weight excluding hydrogens is 214 g/mol. The quantitative estimate of drug-likeness (QED) is 0.569. The molecule has 15 heavy (non-hydrogen) atoms. The number of nitrogens with zero attached hydrogens (tertiary/aromatic N) is 2. The molecule has 1 aromatic rings. The molecule has 80 valence electrons. The topological polar surface area (TPSA) is 75.1 Å². The summed E-state index contributed by atoms with van der Waals surface area (Å²) in [4.78, 5) is 18.9. The van der Waals surface area contributed by atoms with Crippen LogP contribution in [0.5, 0.6) is 0 Å². The number of carbonyl (C=O) groups is 1. The highest BCUT2D eigenvalue weighted by molar-refractivity contribution is 7.99. The molecule has 0 saturated carbocycles. The Morgan fingerprint density at radius 2 is 2.40 bits per heavy atom. The molecule has 0 atom stereocenters. The van der Waals surface area contributed by atoms with Gasteiger partial charge in [0.2, 0.25) is 5.91 Å². The highest BCUT2D eigenvalue weighted by Crippen LogP contribution is 2.13. The third-order valence-corrected chi connectivity index (χ3v) is 2.30. The van der Waals surface area contributed by atoms with Crippen LogP contribution in [-0.4, -0.2) is 33.3 Å². The number of carbonyl (C=O) groups excluding carboxylic acids is 1. The second-order valence-electron chi connectivity index (χ2n) is 2.51. The second kappa shape index (κ2) is 6.15. The first-order chi connectivity index (χ1) is 7.26. The summed E-state index contributed by atoms with van der Waals surface area (Å²) in [6, 6.07) is 0. The van der Waals surface area contributed by atoms with Gasteiger partial charge in [-0.1, -0.05) is 6.58 Å². The summed E-state index contributed by atoms with van der Waals surface area (Å²) in [5, 5.41) is 11.8. The minimum Gasteiger partial charge on any atom is -0.396 e. The Kier molecular flexibility index (Phi) is 4.79. The van der Waals surface area contributed by atoms with Gasteiger partial charge in [0.05, 0.1) is 19.0 Å². The Labute approximate surface area is 91.6 Å². The maximum atomic E-state index is 10.9. The van der Waals surface area contributed by atoms with Gasteiger partial charge in [0, 0.05) is 5.75 Å². The number of rotatable bonds is 5. The Balaban J connectivity index is 2.55. The van der Waals surface area contributed by atoms with E-state index in [-0.39, 0.29) is 12.5 Å². The van der Waals surface area contributed by atoms with Crippen LogP contribution in [0.1, 0.15) is 0 Å². The van der Waals surface area contributed by atoms with Crippen molar-refractivity contribution in [3.8, 4) is 0 Å². The fourth-order valence-corrected chi connectivity index (χ4v) is 1.34. The van der Waals surface area contributed by atoms with Gasteiger partial charge in [-0.15, -0.1) is 11.8 Å². The molecule has 1 rings (SSSR count). The minimum atomic E-state index is -0.319. The van der Waals surface area contributed by atoms with Crippen molar-refractivity contribution in [1.82, 2.24) is 9.97 Å². The molecule has 0 radical (unpaired) electrons. The van der Waals surface area contributed by atoms with E-state index in [0.29, 0.717) is 16.6 Å². The summed E-state index contributed by atoms with van der Waals surface area (Å²) in [7, 11) is 0. The van der Waals surface area contributed by atoms with Crippen LogP contribution in [0.3, 0.4) is 0 Å². The molecule has 0 aliphatic heterocycles. The molecule has 1 heterocycles. The molecule has 0 bridgehead atoms. The van der Waals surface area contributed by atoms with Gasteiger partial charge in [0.15, 0.2) is 5.82 Å². The summed E-state index contributed by atoms with van der Waals surface area (Å²) >= 11 is 1.40. The van der Waals surface area contributed by atoms with Crippen LogP contribution in [0.2, 0.25) is 0 Å². The van der Waals surface area contributed by atoms with E-state index in [1.165, 1.54) is 18.0 Å². The highest BCUT2D eigenvalue weighted by atomic mass is 32.2. The van der Waals surface area contributed by atoms with Crippen molar-refractivity contribution in [3.63, 3.8) is 0 Å². The van der Waals surface area contributed by atoms with Gasteiger partial charge in [-0.25, -0.2) is 9.97 Å². The van der Waals surface area contributed by atoms with Crippen molar-refractivity contribution in [3.05, 3.63) is 25.0 Å². The van der Waals surface area contributed by atoms with E-state index in [2.05, 4.69) is 21.9 Å². The lowest BCUT2D eigenvalue weighted by Crippen LogP contribution is -2.09. The van der Waals surface area contributed by atoms with E-state index in [1.807, 2.05) is 0 Å². The maximum absolute atomic E-state index is 10.9. The predicted octanol–water partition coefficient (Wildman–Crippen LogP) is 0.685. The van der Waals surface area contributed by atoms with Crippen molar-refractivity contribution >= 4 is 23.5 Å². The molecule has 0 unspecified atom stereocenters. The van der Waals surface area contributed by atoms with E-state index in [4.69, 9.17) is 5.11 Å². The Morgan fingerprint density at radius 3 is 2.93 bits per heavy atom. The first-order valence-corrected chi connectivity index (χ1v) is 5.24. The average Bonchev–Trinajstić information content (AvgIpc) is 2.28. The molecule has 0 aromatic carbocycles. The first-order valence-electron chi connectivity index (χ1n) is 4.25. The zero-order chi connectivity index (χ0) is 11.1. The maximum Gasteiger partial charge on any atom is 0.248 e. The van der Waals surface area contributed by atoms with Crippen LogP contribution in [0.25, 0.3) is 0 Å². The number of aliphatic hydroxyl groups excluding tert-OH is 1. The van der Waals surface area contributed by atoms with Crippen LogP contribution in [0, 0.1) is 0 Å².